The molecule has 0 atom stereocenters. The lowest BCUT2D eigenvalue weighted by Gasteiger charge is -1.98. The second-order valence-corrected chi connectivity index (χ2v) is 4.03. The highest BCUT2D eigenvalue weighted by Crippen LogP contribution is 2.20. The molecule has 2 aromatic rings. The Morgan fingerprint density at radius 1 is 1.27 bits per heavy atom. The molecule has 0 aliphatic carbocycles. The van der Waals surface area contributed by atoms with Crippen LogP contribution in [0.2, 0.25) is 0 Å². The molecule has 0 saturated heterocycles. The third kappa shape index (κ3) is 2.32. The van der Waals surface area contributed by atoms with Gasteiger partial charge in [-0.05, 0) is 43.0 Å². The molecular weight excluding hydrogens is 213 g/mol. The zero-order chi connectivity index (χ0) is 10.7. The van der Waals surface area contributed by atoms with Gasteiger partial charge in [0.05, 0.1) is 0 Å². The standard InChI is InChI=1S/C12H13ClFN/c13-6-2-1-3-9-8-15-12-5-4-10(14)7-11(9)12/h4-5,7-8,15H,1-3,6H2. The Morgan fingerprint density at radius 3 is 2.93 bits per heavy atom. The summed E-state index contributed by atoms with van der Waals surface area (Å²) < 4.78 is 13.0. The molecule has 2 rings (SSSR count). The summed E-state index contributed by atoms with van der Waals surface area (Å²) in [6.45, 7) is 0. The highest BCUT2D eigenvalue weighted by atomic mass is 35.5. The van der Waals surface area contributed by atoms with E-state index in [1.165, 1.54) is 11.6 Å². The van der Waals surface area contributed by atoms with Gasteiger partial charge in [0.25, 0.3) is 0 Å². The maximum absolute atomic E-state index is 13.0. The summed E-state index contributed by atoms with van der Waals surface area (Å²) in [6, 6.07) is 4.83. The van der Waals surface area contributed by atoms with Crippen molar-refractivity contribution in [2.75, 3.05) is 5.88 Å². The fourth-order valence-electron chi connectivity index (χ4n) is 1.77. The average Bonchev–Trinajstić information content (AvgIpc) is 2.62. The van der Waals surface area contributed by atoms with Gasteiger partial charge in [0, 0.05) is 23.0 Å². The van der Waals surface area contributed by atoms with Crippen LogP contribution in [-0.2, 0) is 6.42 Å². The van der Waals surface area contributed by atoms with Crippen LogP contribution >= 0.6 is 11.6 Å². The number of unbranched alkanes of at least 4 members (excludes halogenated alkanes) is 1. The third-order valence-corrected chi connectivity index (χ3v) is 2.83. The minimum Gasteiger partial charge on any atom is -0.361 e. The van der Waals surface area contributed by atoms with Crippen LogP contribution in [0, 0.1) is 5.82 Å². The largest absolute Gasteiger partial charge is 0.361 e. The Morgan fingerprint density at radius 2 is 2.13 bits per heavy atom. The minimum atomic E-state index is -0.180. The molecule has 0 saturated carbocycles. The maximum Gasteiger partial charge on any atom is 0.123 e. The highest BCUT2D eigenvalue weighted by Gasteiger charge is 2.04. The summed E-state index contributed by atoms with van der Waals surface area (Å²) >= 11 is 5.62. The molecule has 1 aromatic heterocycles. The maximum atomic E-state index is 13.0. The van der Waals surface area contributed by atoms with Gasteiger partial charge in [0.2, 0.25) is 0 Å². The number of alkyl halides is 1. The number of aromatic nitrogens is 1. The van der Waals surface area contributed by atoms with Crippen LogP contribution in [0.4, 0.5) is 4.39 Å². The highest BCUT2D eigenvalue weighted by molar-refractivity contribution is 6.17. The van der Waals surface area contributed by atoms with Gasteiger partial charge >= 0.3 is 0 Å². The van der Waals surface area contributed by atoms with Crippen LogP contribution in [0.1, 0.15) is 18.4 Å². The second-order valence-electron chi connectivity index (χ2n) is 3.65. The first-order chi connectivity index (χ1) is 7.31. The van der Waals surface area contributed by atoms with Gasteiger partial charge in [-0.15, -0.1) is 11.6 Å². The van der Waals surface area contributed by atoms with E-state index >= 15 is 0 Å². The fraction of sp³-hybridized carbons (Fsp3) is 0.333. The van der Waals surface area contributed by atoms with Gasteiger partial charge in [0.1, 0.15) is 5.82 Å². The van der Waals surface area contributed by atoms with E-state index in [1.807, 2.05) is 6.20 Å². The van der Waals surface area contributed by atoms with E-state index in [0.717, 1.165) is 30.2 Å². The third-order valence-electron chi connectivity index (χ3n) is 2.56. The smallest absolute Gasteiger partial charge is 0.123 e. The Bertz CT molecular complexity index is 450. The second kappa shape index (κ2) is 4.67. The Balaban J connectivity index is 2.23. The first-order valence-electron chi connectivity index (χ1n) is 5.13. The van der Waals surface area contributed by atoms with Gasteiger partial charge in [-0.1, -0.05) is 0 Å². The topological polar surface area (TPSA) is 15.8 Å². The molecule has 0 amide bonds. The number of fused-ring (bicyclic) bond motifs is 1. The van der Waals surface area contributed by atoms with Crippen molar-refractivity contribution in [2.24, 2.45) is 0 Å². The quantitative estimate of drug-likeness (QED) is 0.601. The van der Waals surface area contributed by atoms with E-state index in [4.69, 9.17) is 11.6 Å². The number of aromatic amines is 1. The van der Waals surface area contributed by atoms with E-state index in [2.05, 4.69) is 4.98 Å². The number of aryl methyl sites for hydroxylation is 1. The summed E-state index contributed by atoms with van der Waals surface area (Å²) in [5.41, 5.74) is 2.17. The number of hydrogen-bond acceptors (Lipinski definition) is 0. The molecule has 1 aromatic carbocycles. The van der Waals surface area contributed by atoms with Crippen molar-refractivity contribution in [3.05, 3.63) is 35.8 Å². The van der Waals surface area contributed by atoms with E-state index < -0.39 is 0 Å². The Hall–Kier alpha value is -1.02. The lowest BCUT2D eigenvalue weighted by Crippen LogP contribution is -1.85. The number of benzene rings is 1. The predicted molar refractivity (Wildman–Crippen MR) is 61.9 cm³/mol. The Labute approximate surface area is 93.3 Å². The molecule has 3 heteroatoms. The molecule has 0 spiro atoms. The number of nitrogens with one attached hydrogen (secondary N) is 1. The monoisotopic (exact) mass is 225 g/mol. The molecule has 0 unspecified atom stereocenters. The van der Waals surface area contributed by atoms with Crippen molar-refractivity contribution in [2.45, 2.75) is 19.3 Å². The molecule has 80 valence electrons. The predicted octanol–water partition coefficient (Wildman–Crippen LogP) is 3.87. The first-order valence-corrected chi connectivity index (χ1v) is 5.66. The molecule has 0 aliphatic heterocycles. The van der Waals surface area contributed by atoms with Crippen LogP contribution in [0.3, 0.4) is 0 Å². The average molecular weight is 226 g/mol. The lowest BCUT2D eigenvalue weighted by atomic mass is 10.1. The molecule has 0 aliphatic rings. The van der Waals surface area contributed by atoms with E-state index in [9.17, 15) is 4.39 Å². The van der Waals surface area contributed by atoms with Crippen molar-refractivity contribution < 1.29 is 4.39 Å². The number of H-pyrrole nitrogens is 1. The van der Waals surface area contributed by atoms with Gasteiger partial charge in [-0.25, -0.2) is 4.39 Å². The van der Waals surface area contributed by atoms with Crippen LogP contribution in [0.5, 0.6) is 0 Å². The Kier molecular flexibility index (Phi) is 3.27. The molecule has 0 fully saturated rings. The number of hydrogen-bond donors (Lipinski definition) is 1. The summed E-state index contributed by atoms with van der Waals surface area (Å²) in [5, 5.41) is 0.990. The molecule has 1 heterocycles. The van der Waals surface area contributed by atoms with Gasteiger partial charge < -0.3 is 4.98 Å². The summed E-state index contributed by atoms with van der Waals surface area (Å²) in [5.74, 6) is 0.511. The minimum absolute atomic E-state index is 0.180. The number of rotatable bonds is 4. The van der Waals surface area contributed by atoms with Gasteiger partial charge in [-0.3, -0.25) is 0 Å². The lowest BCUT2D eigenvalue weighted by molar-refractivity contribution is 0.629. The SMILES string of the molecule is Fc1ccc2[nH]cc(CCCCCl)c2c1. The van der Waals surface area contributed by atoms with Crippen LogP contribution < -0.4 is 0 Å². The summed E-state index contributed by atoms with van der Waals surface area (Å²) in [6.07, 6.45) is 4.96. The van der Waals surface area contributed by atoms with Crippen molar-refractivity contribution in [3.63, 3.8) is 0 Å². The first kappa shape index (κ1) is 10.5. The van der Waals surface area contributed by atoms with Crippen molar-refractivity contribution in [3.8, 4) is 0 Å². The summed E-state index contributed by atoms with van der Waals surface area (Å²) in [7, 11) is 0. The zero-order valence-corrected chi connectivity index (χ0v) is 9.15. The molecule has 1 nitrogen and oxygen atoms in total. The number of halogens is 2. The van der Waals surface area contributed by atoms with Crippen molar-refractivity contribution >= 4 is 22.5 Å². The normalized spacial score (nSPS) is 11.1. The van der Waals surface area contributed by atoms with Gasteiger partial charge in [0.15, 0.2) is 0 Å². The molecule has 15 heavy (non-hydrogen) atoms. The van der Waals surface area contributed by atoms with Crippen molar-refractivity contribution in [1.82, 2.24) is 4.98 Å². The molecular formula is C12H13ClFN. The van der Waals surface area contributed by atoms with Crippen LogP contribution in [0.25, 0.3) is 10.9 Å². The van der Waals surface area contributed by atoms with E-state index in [1.54, 1.807) is 12.1 Å². The molecule has 0 bridgehead atoms. The van der Waals surface area contributed by atoms with E-state index in [-0.39, 0.29) is 5.82 Å². The summed E-state index contributed by atoms with van der Waals surface area (Å²) in [4.78, 5) is 3.14. The fourth-order valence-corrected chi connectivity index (χ4v) is 1.96. The van der Waals surface area contributed by atoms with Crippen LogP contribution in [0.15, 0.2) is 24.4 Å². The van der Waals surface area contributed by atoms with Crippen molar-refractivity contribution in [1.29, 1.82) is 0 Å². The van der Waals surface area contributed by atoms with E-state index in [0.29, 0.717) is 5.88 Å². The molecule has 1 N–H and O–H groups in total. The van der Waals surface area contributed by atoms with Crippen LogP contribution in [-0.4, -0.2) is 10.9 Å². The molecule has 0 radical (unpaired) electrons. The van der Waals surface area contributed by atoms with Gasteiger partial charge in [-0.2, -0.15) is 0 Å². The zero-order valence-electron chi connectivity index (χ0n) is 8.39.